The number of aryl methyl sites for hydroxylation is 1. The van der Waals surface area contributed by atoms with E-state index >= 15 is 0 Å². The Morgan fingerprint density at radius 1 is 1.15 bits per heavy atom. The van der Waals surface area contributed by atoms with Crippen LogP contribution < -0.4 is 10.6 Å². The van der Waals surface area contributed by atoms with Crippen molar-refractivity contribution in [2.45, 2.75) is 19.6 Å². The van der Waals surface area contributed by atoms with Crippen LogP contribution in [-0.4, -0.2) is 48.0 Å². The predicted octanol–water partition coefficient (Wildman–Crippen LogP) is 2.92. The molecule has 2 N–H and O–H groups in total. The van der Waals surface area contributed by atoms with Crippen molar-refractivity contribution >= 4 is 11.9 Å². The molecule has 1 aromatic carbocycles. The Bertz CT molecular complexity index is 758. The van der Waals surface area contributed by atoms with Crippen molar-refractivity contribution in [3.63, 3.8) is 0 Å². The molecule has 0 radical (unpaired) electrons. The van der Waals surface area contributed by atoms with Crippen molar-refractivity contribution in [2.75, 3.05) is 32.5 Å². The fraction of sp³-hybridized carbons (Fsp3) is 0.389. The number of hydrogen-bond donors (Lipinski definition) is 2. The van der Waals surface area contributed by atoms with Gasteiger partial charge in [-0.2, -0.15) is 13.2 Å². The second-order valence-electron chi connectivity index (χ2n) is 6.01. The average molecular weight is 380 g/mol. The molecule has 0 aliphatic rings. The first-order valence-electron chi connectivity index (χ1n) is 8.41. The number of nitrogens with zero attached hydrogens (tertiary/aromatic N) is 4. The third kappa shape index (κ3) is 6.43. The second kappa shape index (κ2) is 9.20. The Morgan fingerprint density at radius 3 is 2.48 bits per heavy atom. The minimum absolute atomic E-state index is 0.0605. The molecular formula is C18H23F3N6. The number of nitrogens with one attached hydrogen (secondary N) is 2. The molecule has 0 aliphatic heterocycles. The summed E-state index contributed by atoms with van der Waals surface area (Å²) in [6.07, 6.45) is -3.40. The smallest absolute Gasteiger partial charge is 0.354 e. The van der Waals surface area contributed by atoms with E-state index in [4.69, 9.17) is 0 Å². The van der Waals surface area contributed by atoms with E-state index in [0.717, 1.165) is 17.8 Å². The van der Waals surface area contributed by atoms with Gasteiger partial charge in [-0.3, -0.25) is 4.99 Å². The van der Waals surface area contributed by atoms with Crippen LogP contribution in [0, 0.1) is 6.92 Å². The zero-order valence-electron chi connectivity index (χ0n) is 15.5. The predicted molar refractivity (Wildman–Crippen MR) is 99.5 cm³/mol. The van der Waals surface area contributed by atoms with Crippen molar-refractivity contribution in [3.8, 4) is 0 Å². The van der Waals surface area contributed by atoms with Gasteiger partial charge in [-0.05, 0) is 18.6 Å². The number of halogens is 3. The summed E-state index contributed by atoms with van der Waals surface area (Å²) < 4.78 is 37.9. The summed E-state index contributed by atoms with van der Waals surface area (Å²) in [4.78, 5) is 13.4. The molecule has 2 aromatic rings. The van der Waals surface area contributed by atoms with Crippen LogP contribution in [0.15, 0.2) is 41.5 Å². The number of rotatable bonds is 6. The standard InChI is InChI=1S/C18H23F3N6/c1-13-4-6-14(7-5-13)12-27(3)17(22-2)25-11-10-24-16-23-9-8-15(26-16)18(19,20)21/h4-9H,10-12H2,1-3H3,(H,22,25)(H,23,24,26). The monoisotopic (exact) mass is 380 g/mol. The largest absolute Gasteiger partial charge is 0.433 e. The molecule has 0 fully saturated rings. The molecule has 0 unspecified atom stereocenters. The Kier molecular flexibility index (Phi) is 6.98. The van der Waals surface area contributed by atoms with Gasteiger partial charge in [0.05, 0.1) is 0 Å². The van der Waals surface area contributed by atoms with Gasteiger partial charge in [0.1, 0.15) is 5.69 Å². The van der Waals surface area contributed by atoms with Gasteiger partial charge in [-0.25, -0.2) is 9.97 Å². The molecule has 9 heteroatoms. The van der Waals surface area contributed by atoms with Crippen molar-refractivity contribution in [1.82, 2.24) is 20.2 Å². The zero-order valence-corrected chi connectivity index (χ0v) is 15.5. The lowest BCUT2D eigenvalue weighted by molar-refractivity contribution is -0.141. The molecule has 0 amide bonds. The van der Waals surface area contributed by atoms with Crippen LogP contribution in [0.1, 0.15) is 16.8 Å². The van der Waals surface area contributed by atoms with Crippen LogP contribution in [0.4, 0.5) is 19.1 Å². The number of aromatic nitrogens is 2. The quantitative estimate of drug-likeness (QED) is 0.458. The van der Waals surface area contributed by atoms with E-state index in [1.165, 1.54) is 5.56 Å². The summed E-state index contributed by atoms with van der Waals surface area (Å²) >= 11 is 0. The molecule has 0 saturated carbocycles. The van der Waals surface area contributed by atoms with Crippen LogP contribution in [-0.2, 0) is 12.7 Å². The van der Waals surface area contributed by atoms with Gasteiger partial charge in [0.2, 0.25) is 5.95 Å². The van der Waals surface area contributed by atoms with Crippen LogP contribution in [0.5, 0.6) is 0 Å². The molecule has 0 aliphatic carbocycles. The van der Waals surface area contributed by atoms with Gasteiger partial charge in [0.15, 0.2) is 5.96 Å². The number of benzene rings is 1. The van der Waals surface area contributed by atoms with Gasteiger partial charge in [0.25, 0.3) is 0 Å². The summed E-state index contributed by atoms with van der Waals surface area (Å²) in [5.41, 5.74) is 1.38. The van der Waals surface area contributed by atoms with Gasteiger partial charge in [0, 0.05) is 39.9 Å². The van der Waals surface area contributed by atoms with E-state index in [-0.39, 0.29) is 5.95 Å². The average Bonchev–Trinajstić information content (AvgIpc) is 2.63. The molecule has 1 aromatic heterocycles. The Balaban J connectivity index is 1.81. The van der Waals surface area contributed by atoms with E-state index in [1.807, 2.05) is 18.9 Å². The number of anilines is 1. The topological polar surface area (TPSA) is 65.4 Å². The molecular weight excluding hydrogens is 357 g/mol. The van der Waals surface area contributed by atoms with E-state index in [9.17, 15) is 13.2 Å². The lowest BCUT2D eigenvalue weighted by Crippen LogP contribution is -2.40. The van der Waals surface area contributed by atoms with Crippen LogP contribution >= 0.6 is 0 Å². The SMILES string of the molecule is CN=C(NCCNc1nccc(C(F)(F)F)n1)N(C)Cc1ccc(C)cc1. The minimum atomic E-state index is -4.49. The highest BCUT2D eigenvalue weighted by molar-refractivity contribution is 5.79. The van der Waals surface area contributed by atoms with Gasteiger partial charge in [-0.15, -0.1) is 0 Å². The van der Waals surface area contributed by atoms with Crippen molar-refractivity contribution in [2.24, 2.45) is 4.99 Å². The molecule has 0 atom stereocenters. The van der Waals surface area contributed by atoms with Crippen molar-refractivity contribution < 1.29 is 13.2 Å². The van der Waals surface area contributed by atoms with E-state index in [1.54, 1.807) is 7.05 Å². The molecule has 146 valence electrons. The molecule has 27 heavy (non-hydrogen) atoms. The van der Waals surface area contributed by atoms with Gasteiger partial charge in [-0.1, -0.05) is 29.8 Å². The maximum absolute atomic E-state index is 12.6. The second-order valence-corrected chi connectivity index (χ2v) is 6.01. The first kappa shape index (κ1) is 20.5. The number of aliphatic imine (C=N–C) groups is 1. The highest BCUT2D eigenvalue weighted by atomic mass is 19.4. The third-order valence-corrected chi connectivity index (χ3v) is 3.75. The van der Waals surface area contributed by atoms with Gasteiger partial charge >= 0.3 is 6.18 Å². The summed E-state index contributed by atoms with van der Waals surface area (Å²) in [6, 6.07) is 9.07. The first-order chi connectivity index (χ1) is 12.8. The van der Waals surface area contributed by atoms with Gasteiger partial charge < -0.3 is 15.5 Å². The van der Waals surface area contributed by atoms with Crippen LogP contribution in [0.3, 0.4) is 0 Å². The Labute approximate surface area is 156 Å². The fourth-order valence-corrected chi connectivity index (χ4v) is 2.38. The highest BCUT2D eigenvalue weighted by Gasteiger charge is 2.32. The summed E-state index contributed by atoms with van der Waals surface area (Å²) in [5.74, 6) is 0.622. The zero-order chi connectivity index (χ0) is 19.9. The lowest BCUT2D eigenvalue weighted by Gasteiger charge is -2.22. The number of guanidine groups is 1. The fourth-order valence-electron chi connectivity index (χ4n) is 2.38. The molecule has 0 spiro atoms. The maximum Gasteiger partial charge on any atom is 0.433 e. The third-order valence-electron chi connectivity index (χ3n) is 3.75. The summed E-state index contributed by atoms with van der Waals surface area (Å²) in [6.45, 7) is 3.52. The Hall–Kier alpha value is -2.84. The van der Waals surface area contributed by atoms with Crippen molar-refractivity contribution in [3.05, 3.63) is 53.3 Å². The van der Waals surface area contributed by atoms with Crippen LogP contribution in [0.25, 0.3) is 0 Å². The van der Waals surface area contributed by atoms with E-state index < -0.39 is 11.9 Å². The van der Waals surface area contributed by atoms with Crippen molar-refractivity contribution in [1.29, 1.82) is 0 Å². The number of alkyl halides is 3. The van der Waals surface area contributed by atoms with Crippen LogP contribution in [0.2, 0.25) is 0 Å². The summed E-state index contributed by atoms with van der Waals surface area (Å²) in [5, 5.41) is 5.92. The highest BCUT2D eigenvalue weighted by Crippen LogP contribution is 2.27. The lowest BCUT2D eigenvalue weighted by atomic mass is 10.1. The molecule has 1 heterocycles. The number of hydrogen-bond acceptors (Lipinski definition) is 4. The maximum atomic E-state index is 12.6. The first-order valence-corrected chi connectivity index (χ1v) is 8.41. The minimum Gasteiger partial charge on any atom is -0.354 e. The van der Waals surface area contributed by atoms with E-state index in [0.29, 0.717) is 25.6 Å². The molecule has 0 bridgehead atoms. The molecule has 0 saturated heterocycles. The Morgan fingerprint density at radius 2 is 1.85 bits per heavy atom. The molecule has 2 rings (SSSR count). The van der Waals surface area contributed by atoms with E-state index in [2.05, 4.69) is 49.9 Å². The normalized spacial score (nSPS) is 12.0. The molecule has 6 nitrogen and oxygen atoms in total. The summed E-state index contributed by atoms with van der Waals surface area (Å²) in [7, 11) is 3.59.